The predicted octanol–water partition coefficient (Wildman–Crippen LogP) is 12.6. The molecule has 0 aliphatic rings. The van der Waals surface area contributed by atoms with E-state index >= 15 is 0 Å². The number of hydrogen-bond donors (Lipinski definition) is 0. The Morgan fingerprint density at radius 3 is 1.83 bits per heavy atom. The molecule has 0 atom stereocenters. The number of thiophene rings is 1. The molecule has 2 aromatic heterocycles. The van der Waals surface area contributed by atoms with E-state index in [1.54, 1.807) is 11.3 Å². The van der Waals surface area contributed by atoms with Crippen LogP contribution in [0.15, 0.2) is 170 Å². The molecular formula is C43H28N2S. The molecule has 0 saturated carbocycles. The van der Waals surface area contributed by atoms with Gasteiger partial charge in [0.05, 0.1) is 10.2 Å². The lowest BCUT2D eigenvalue weighted by Crippen LogP contribution is -2.09. The molecule has 2 heterocycles. The summed E-state index contributed by atoms with van der Waals surface area (Å²) in [5.74, 6) is 0. The molecule has 0 unspecified atom stereocenters. The number of hydrogen-bond acceptors (Lipinski definition) is 3. The molecule has 0 aliphatic heterocycles. The maximum Gasteiger partial charge on any atom is 0.0889 e. The van der Waals surface area contributed by atoms with Crippen LogP contribution in [0.4, 0.5) is 17.1 Å². The molecule has 0 saturated heterocycles. The lowest BCUT2D eigenvalue weighted by molar-refractivity contribution is 1.29. The second-order valence-electron chi connectivity index (χ2n) is 11.6. The van der Waals surface area contributed by atoms with Crippen LogP contribution in [0.5, 0.6) is 0 Å². The second-order valence-corrected chi connectivity index (χ2v) is 12.7. The third-order valence-corrected chi connectivity index (χ3v) is 10.0. The van der Waals surface area contributed by atoms with Crippen LogP contribution in [0.1, 0.15) is 0 Å². The van der Waals surface area contributed by atoms with E-state index in [0.29, 0.717) is 0 Å². The zero-order valence-corrected chi connectivity index (χ0v) is 25.8. The van der Waals surface area contributed by atoms with Crippen LogP contribution in [0.2, 0.25) is 0 Å². The second kappa shape index (κ2) is 11.0. The zero-order valence-electron chi connectivity index (χ0n) is 25.0. The summed E-state index contributed by atoms with van der Waals surface area (Å²) < 4.78 is 2.45. The molecule has 216 valence electrons. The maximum atomic E-state index is 4.74. The lowest BCUT2D eigenvalue weighted by atomic mass is 9.93. The first-order valence-electron chi connectivity index (χ1n) is 15.5. The Morgan fingerprint density at radius 1 is 0.413 bits per heavy atom. The summed E-state index contributed by atoms with van der Waals surface area (Å²) in [5.41, 5.74) is 9.24. The van der Waals surface area contributed by atoms with Crippen LogP contribution in [-0.4, -0.2) is 4.98 Å². The number of pyridine rings is 1. The summed E-state index contributed by atoms with van der Waals surface area (Å²) in [6.07, 6.45) is 1.89. The summed E-state index contributed by atoms with van der Waals surface area (Å²) in [6.45, 7) is 0. The summed E-state index contributed by atoms with van der Waals surface area (Å²) in [7, 11) is 0. The van der Waals surface area contributed by atoms with E-state index in [1.165, 1.54) is 58.6 Å². The van der Waals surface area contributed by atoms with E-state index in [2.05, 4.69) is 163 Å². The number of benzene rings is 7. The Hall–Kier alpha value is -5.77. The van der Waals surface area contributed by atoms with Crippen LogP contribution < -0.4 is 4.90 Å². The Balaban J connectivity index is 1.18. The fourth-order valence-electron chi connectivity index (χ4n) is 6.69. The smallest absolute Gasteiger partial charge is 0.0889 e. The van der Waals surface area contributed by atoms with Crippen molar-refractivity contribution < 1.29 is 0 Å². The molecule has 0 bridgehead atoms. The first kappa shape index (κ1) is 26.6. The van der Waals surface area contributed by atoms with E-state index in [9.17, 15) is 0 Å². The van der Waals surface area contributed by atoms with Crippen LogP contribution in [-0.2, 0) is 0 Å². The molecule has 0 spiro atoms. The summed E-state index contributed by atoms with van der Waals surface area (Å²) in [5, 5.41) is 6.28. The molecule has 0 N–H and O–H groups in total. The Morgan fingerprint density at radius 2 is 1.04 bits per heavy atom. The summed E-state index contributed by atoms with van der Waals surface area (Å²) in [4.78, 5) is 7.09. The van der Waals surface area contributed by atoms with E-state index in [0.717, 1.165) is 22.6 Å². The highest BCUT2D eigenvalue weighted by atomic mass is 32.1. The number of aromatic nitrogens is 1. The standard InChI is InChI=1S/C43H28N2S/c1-2-9-29(10-3-1)30-16-20-33(21-17-30)45(35-24-25-41-40(28-35)43-42(46-41)15-8-26-44-43)34-22-18-31(19-23-34)39-27-32-11-4-5-12-36(32)37-13-6-7-14-38(37)39/h1-28H. The fraction of sp³-hybridized carbons (Fsp3) is 0. The van der Waals surface area contributed by atoms with Gasteiger partial charge in [-0.15, -0.1) is 11.3 Å². The van der Waals surface area contributed by atoms with Crippen molar-refractivity contribution >= 4 is 70.2 Å². The number of anilines is 3. The van der Waals surface area contributed by atoms with Gasteiger partial charge >= 0.3 is 0 Å². The Labute approximate surface area is 271 Å². The number of nitrogens with zero attached hydrogens (tertiary/aromatic N) is 2. The third-order valence-electron chi connectivity index (χ3n) is 8.90. The van der Waals surface area contributed by atoms with Crippen LogP contribution >= 0.6 is 11.3 Å². The summed E-state index contributed by atoms with van der Waals surface area (Å²) in [6, 6.07) is 59.1. The van der Waals surface area contributed by atoms with Crippen molar-refractivity contribution in [2.24, 2.45) is 0 Å². The lowest BCUT2D eigenvalue weighted by Gasteiger charge is -2.26. The molecule has 9 aromatic rings. The van der Waals surface area contributed by atoms with Gasteiger partial charge in [-0.1, -0.05) is 103 Å². The molecule has 46 heavy (non-hydrogen) atoms. The Kier molecular flexibility index (Phi) is 6.36. The van der Waals surface area contributed by atoms with Crippen molar-refractivity contribution in [3.63, 3.8) is 0 Å². The van der Waals surface area contributed by atoms with Gasteiger partial charge in [-0.2, -0.15) is 0 Å². The van der Waals surface area contributed by atoms with Gasteiger partial charge in [0.25, 0.3) is 0 Å². The maximum absolute atomic E-state index is 4.74. The van der Waals surface area contributed by atoms with E-state index in [4.69, 9.17) is 4.98 Å². The third kappa shape index (κ3) is 4.52. The van der Waals surface area contributed by atoms with Crippen LogP contribution in [0.3, 0.4) is 0 Å². The fourth-order valence-corrected chi connectivity index (χ4v) is 7.73. The van der Waals surface area contributed by atoms with Gasteiger partial charge in [0, 0.05) is 33.3 Å². The van der Waals surface area contributed by atoms with Crippen LogP contribution in [0.25, 0.3) is 64.1 Å². The van der Waals surface area contributed by atoms with E-state index < -0.39 is 0 Å². The molecule has 9 rings (SSSR count). The minimum Gasteiger partial charge on any atom is -0.310 e. The van der Waals surface area contributed by atoms with Gasteiger partial charge < -0.3 is 4.90 Å². The quantitative estimate of drug-likeness (QED) is 0.182. The van der Waals surface area contributed by atoms with Crippen molar-refractivity contribution in [1.82, 2.24) is 4.98 Å². The van der Waals surface area contributed by atoms with Crippen LogP contribution in [0, 0.1) is 0 Å². The average Bonchev–Trinajstić information content (AvgIpc) is 3.51. The largest absolute Gasteiger partial charge is 0.310 e. The normalized spacial score (nSPS) is 11.5. The molecular weight excluding hydrogens is 577 g/mol. The molecule has 0 fully saturated rings. The van der Waals surface area contributed by atoms with Crippen molar-refractivity contribution in [1.29, 1.82) is 0 Å². The molecule has 2 nitrogen and oxygen atoms in total. The topological polar surface area (TPSA) is 16.1 Å². The van der Waals surface area contributed by atoms with Crippen molar-refractivity contribution in [3.05, 3.63) is 170 Å². The van der Waals surface area contributed by atoms with E-state index in [1.807, 2.05) is 12.3 Å². The molecule has 0 aliphatic carbocycles. The number of fused-ring (bicyclic) bond motifs is 6. The highest BCUT2D eigenvalue weighted by Gasteiger charge is 2.16. The van der Waals surface area contributed by atoms with Gasteiger partial charge in [-0.05, 0) is 104 Å². The van der Waals surface area contributed by atoms with Gasteiger partial charge in [0.1, 0.15) is 0 Å². The first-order chi connectivity index (χ1) is 22.8. The van der Waals surface area contributed by atoms with Gasteiger partial charge in [0.2, 0.25) is 0 Å². The minimum atomic E-state index is 1.06. The molecule has 3 heteroatoms. The molecule has 0 radical (unpaired) electrons. The molecule has 7 aromatic carbocycles. The van der Waals surface area contributed by atoms with Crippen molar-refractivity contribution in [2.45, 2.75) is 0 Å². The van der Waals surface area contributed by atoms with Gasteiger partial charge in [0.15, 0.2) is 0 Å². The van der Waals surface area contributed by atoms with Gasteiger partial charge in [-0.3, -0.25) is 4.98 Å². The van der Waals surface area contributed by atoms with E-state index in [-0.39, 0.29) is 0 Å². The highest BCUT2D eigenvalue weighted by Crippen LogP contribution is 2.42. The number of rotatable bonds is 5. The first-order valence-corrected chi connectivity index (χ1v) is 16.4. The Bertz CT molecular complexity index is 2510. The summed E-state index contributed by atoms with van der Waals surface area (Å²) >= 11 is 1.79. The SMILES string of the molecule is c1ccc(-c2ccc(N(c3ccc(-c4cc5ccccc5c5ccccc45)cc3)c3ccc4sc5cccnc5c4c3)cc2)cc1. The monoisotopic (exact) mass is 604 g/mol. The van der Waals surface area contributed by atoms with Gasteiger partial charge in [-0.25, -0.2) is 0 Å². The predicted molar refractivity (Wildman–Crippen MR) is 198 cm³/mol. The minimum absolute atomic E-state index is 1.06. The van der Waals surface area contributed by atoms with Crippen molar-refractivity contribution in [3.8, 4) is 22.3 Å². The van der Waals surface area contributed by atoms with Crippen molar-refractivity contribution in [2.75, 3.05) is 4.90 Å². The zero-order chi connectivity index (χ0) is 30.5. The average molecular weight is 605 g/mol. The highest BCUT2D eigenvalue weighted by molar-refractivity contribution is 7.25. The molecule has 0 amide bonds.